The molecule has 0 aliphatic carbocycles. The van der Waals surface area contributed by atoms with Gasteiger partial charge in [0.2, 0.25) is 5.76 Å². The van der Waals surface area contributed by atoms with E-state index in [1.165, 1.54) is 0 Å². The van der Waals surface area contributed by atoms with Crippen LogP contribution in [0.2, 0.25) is 0 Å². The van der Waals surface area contributed by atoms with E-state index in [0.29, 0.717) is 30.8 Å². The first kappa shape index (κ1) is 19.4. The number of nitrogens with zero attached hydrogens (tertiary/aromatic N) is 1. The van der Waals surface area contributed by atoms with Crippen molar-refractivity contribution in [2.45, 2.75) is 39.6 Å². The van der Waals surface area contributed by atoms with Crippen LogP contribution in [-0.4, -0.2) is 55.3 Å². The van der Waals surface area contributed by atoms with Gasteiger partial charge in [-0.15, -0.1) is 0 Å². The van der Waals surface area contributed by atoms with Crippen molar-refractivity contribution in [3.8, 4) is 0 Å². The van der Waals surface area contributed by atoms with Crippen molar-refractivity contribution >= 4 is 22.8 Å². The van der Waals surface area contributed by atoms with Crippen molar-refractivity contribution in [3.05, 3.63) is 35.6 Å². The third-order valence-electron chi connectivity index (χ3n) is 4.43. The molecule has 2 aromatic rings. The summed E-state index contributed by atoms with van der Waals surface area (Å²) in [4.78, 5) is 26.6. The predicted octanol–water partition coefficient (Wildman–Crippen LogP) is 2.76. The zero-order chi connectivity index (χ0) is 19.4. The molecule has 1 fully saturated rings. The Morgan fingerprint density at radius 1 is 1.19 bits per heavy atom. The smallest absolute Gasteiger partial charge is 0.375 e. The molecule has 2 heterocycles. The van der Waals surface area contributed by atoms with Crippen LogP contribution in [0, 0.1) is 0 Å². The second-order valence-corrected chi connectivity index (χ2v) is 6.68. The Morgan fingerprint density at radius 2 is 1.89 bits per heavy atom. The highest BCUT2D eigenvalue weighted by Gasteiger charge is 2.28. The molecule has 1 aromatic heterocycles. The average molecular weight is 375 g/mol. The van der Waals surface area contributed by atoms with Crippen LogP contribution in [0.3, 0.4) is 0 Å². The summed E-state index contributed by atoms with van der Waals surface area (Å²) in [5.74, 6) is -0.822. The maximum Gasteiger partial charge on any atom is 0.375 e. The summed E-state index contributed by atoms with van der Waals surface area (Å²) in [7, 11) is 0. The number of fused-ring (bicyclic) bond motifs is 1. The molecule has 0 unspecified atom stereocenters. The molecule has 146 valence electrons. The van der Waals surface area contributed by atoms with E-state index in [0.717, 1.165) is 5.39 Å². The molecule has 3 rings (SSSR count). The molecule has 1 aromatic carbocycles. The minimum Gasteiger partial charge on any atom is -0.450 e. The molecule has 0 spiro atoms. The number of carbonyl (C=O) groups is 2. The summed E-state index contributed by atoms with van der Waals surface area (Å²) < 4.78 is 22.0. The van der Waals surface area contributed by atoms with Gasteiger partial charge >= 0.3 is 5.97 Å². The number of morpholine rings is 1. The molecular weight excluding hydrogens is 350 g/mol. The zero-order valence-corrected chi connectivity index (χ0v) is 15.9. The first-order valence-electron chi connectivity index (χ1n) is 9.18. The lowest BCUT2D eigenvalue weighted by atomic mass is 10.1. The summed E-state index contributed by atoms with van der Waals surface area (Å²) in [6.45, 7) is 7.10. The van der Waals surface area contributed by atoms with Gasteiger partial charge in [-0.3, -0.25) is 4.79 Å². The lowest BCUT2D eigenvalue weighted by Gasteiger charge is -2.35. The van der Waals surface area contributed by atoms with Gasteiger partial charge in [0.25, 0.3) is 5.91 Å². The number of rotatable bonds is 6. The number of amides is 1. The highest BCUT2D eigenvalue weighted by atomic mass is 16.5. The van der Waals surface area contributed by atoms with E-state index in [1.807, 2.05) is 39.0 Å². The SMILES string of the molecule is CCOCc1c(C(=O)OCC(=O)N2C[C@@H](C)O[C@H](C)C2)oc2ccccc12. The standard InChI is InChI=1S/C20H25NO6/c1-4-24-11-16-15-7-5-6-8-17(15)27-19(16)20(23)25-12-18(22)21-9-13(2)26-14(3)10-21/h5-8,13-14H,4,9-12H2,1-3H3/t13-,14-/m1/s1. The largest absolute Gasteiger partial charge is 0.450 e. The normalized spacial score (nSPS) is 20.0. The summed E-state index contributed by atoms with van der Waals surface area (Å²) >= 11 is 0. The number of furan rings is 1. The molecule has 0 N–H and O–H groups in total. The van der Waals surface area contributed by atoms with Gasteiger partial charge in [0, 0.05) is 30.6 Å². The molecule has 0 saturated carbocycles. The maximum absolute atomic E-state index is 12.5. The first-order valence-corrected chi connectivity index (χ1v) is 9.18. The Hall–Kier alpha value is -2.38. The Kier molecular flexibility index (Phi) is 6.13. The van der Waals surface area contributed by atoms with Gasteiger partial charge in [0.05, 0.1) is 18.8 Å². The third kappa shape index (κ3) is 4.48. The van der Waals surface area contributed by atoms with E-state index < -0.39 is 5.97 Å². The molecule has 1 amide bonds. The van der Waals surface area contributed by atoms with Gasteiger partial charge in [0.1, 0.15) is 5.58 Å². The minimum absolute atomic E-state index is 0.0402. The van der Waals surface area contributed by atoms with Gasteiger partial charge in [-0.2, -0.15) is 0 Å². The van der Waals surface area contributed by atoms with Crippen LogP contribution in [-0.2, 0) is 25.6 Å². The Labute approximate surface area is 158 Å². The van der Waals surface area contributed by atoms with E-state index >= 15 is 0 Å². The molecule has 2 atom stereocenters. The summed E-state index contributed by atoms with van der Waals surface area (Å²) in [5, 5.41) is 0.806. The van der Waals surface area contributed by atoms with E-state index in [9.17, 15) is 9.59 Å². The lowest BCUT2D eigenvalue weighted by Crippen LogP contribution is -2.49. The number of hydrogen-bond acceptors (Lipinski definition) is 6. The number of benzene rings is 1. The highest BCUT2D eigenvalue weighted by Crippen LogP contribution is 2.27. The number of para-hydroxylation sites is 1. The summed E-state index contributed by atoms with van der Waals surface area (Å²) in [6.07, 6.45) is -0.0804. The van der Waals surface area contributed by atoms with Crippen LogP contribution in [0.1, 0.15) is 36.9 Å². The molecule has 27 heavy (non-hydrogen) atoms. The van der Waals surface area contributed by atoms with E-state index in [2.05, 4.69) is 0 Å². The highest BCUT2D eigenvalue weighted by molar-refractivity contribution is 5.96. The van der Waals surface area contributed by atoms with Gasteiger partial charge in [0.15, 0.2) is 6.61 Å². The molecule has 0 radical (unpaired) electrons. The van der Waals surface area contributed by atoms with Gasteiger partial charge in [-0.05, 0) is 26.8 Å². The first-order chi connectivity index (χ1) is 13.0. The fourth-order valence-electron chi connectivity index (χ4n) is 3.28. The van der Waals surface area contributed by atoms with Crippen LogP contribution in [0.15, 0.2) is 28.7 Å². The molecule has 1 aliphatic rings. The summed E-state index contributed by atoms with van der Waals surface area (Å²) in [5.41, 5.74) is 1.22. The van der Waals surface area contributed by atoms with E-state index in [-0.39, 0.29) is 37.1 Å². The van der Waals surface area contributed by atoms with Crippen LogP contribution >= 0.6 is 0 Å². The van der Waals surface area contributed by atoms with Crippen molar-refractivity contribution < 1.29 is 28.2 Å². The van der Waals surface area contributed by atoms with Crippen molar-refractivity contribution in [2.24, 2.45) is 0 Å². The Balaban J connectivity index is 1.69. The third-order valence-corrected chi connectivity index (χ3v) is 4.43. The Morgan fingerprint density at radius 3 is 2.59 bits per heavy atom. The summed E-state index contributed by atoms with van der Waals surface area (Å²) in [6, 6.07) is 7.34. The second kappa shape index (κ2) is 8.54. The maximum atomic E-state index is 12.5. The second-order valence-electron chi connectivity index (χ2n) is 6.68. The van der Waals surface area contributed by atoms with Crippen molar-refractivity contribution in [2.75, 3.05) is 26.3 Å². The van der Waals surface area contributed by atoms with Crippen LogP contribution < -0.4 is 0 Å². The fourth-order valence-corrected chi connectivity index (χ4v) is 3.28. The van der Waals surface area contributed by atoms with Crippen molar-refractivity contribution in [3.63, 3.8) is 0 Å². The van der Waals surface area contributed by atoms with Crippen LogP contribution in [0.5, 0.6) is 0 Å². The quantitative estimate of drug-likeness (QED) is 0.723. The van der Waals surface area contributed by atoms with Crippen molar-refractivity contribution in [1.29, 1.82) is 0 Å². The average Bonchev–Trinajstić information content (AvgIpc) is 3.02. The number of esters is 1. The minimum atomic E-state index is -0.663. The number of hydrogen-bond donors (Lipinski definition) is 0. The van der Waals surface area contributed by atoms with Gasteiger partial charge in [-0.25, -0.2) is 4.79 Å². The molecule has 7 heteroatoms. The molecule has 0 bridgehead atoms. The van der Waals surface area contributed by atoms with E-state index in [4.69, 9.17) is 18.6 Å². The van der Waals surface area contributed by atoms with E-state index in [1.54, 1.807) is 11.0 Å². The van der Waals surface area contributed by atoms with Crippen molar-refractivity contribution in [1.82, 2.24) is 4.90 Å². The molecule has 1 aliphatic heterocycles. The van der Waals surface area contributed by atoms with Crippen LogP contribution in [0.25, 0.3) is 11.0 Å². The molecular formula is C20H25NO6. The molecule has 7 nitrogen and oxygen atoms in total. The number of ether oxygens (including phenoxy) is 3. The topological polar surface area (TPSA) is 78.2 Å². The molecule has 1 saturated heterocycles. The van der Waals surface area contributed by atoms with Gasteiger partial charge < -0.3 is 23.5 Å². The monoisotopic (exact) mass is 375 g/mol. The van der Waals surface area contributed by atoms with Gasteiger partial charge in [-0.1, -0.05) is 18.2 Å². The number of carbonyl (C=O) groups excluding carboxylic acids is 2. The predicted molar refractivity (Wildman–Crippen MR) is 98.4 cm³/mol. The lowest BCUT2D eigenvalue weighted by molar-refractivity contribution is -0.146. The fraction of sp³-hybridized carbons (Fsp3) is 0.500. The Bertz CT molecular complexity index is 804. The zero-order valence-electron chi connectivity index (χ0n) is 15.9. The van der Waals surface area contributed by atoms with Crippen LogP contribution in [0.4, 0.5) is 0 Å².